The highest BCUT2D eigenvalue weighted by atomic mass is 19.4. The second kappa shape index (κ2) is 5.62. The van der Waals surface area contributed by atoms with E-state index in [1.165, 1.54) is 18.2 Å². The summed E-state index contributed by atoms with van der Waals surface area (Å²) in [6, 6.07) is 4.31. The van der Waals surface area contributed by atoms with Crippen molar-refractivity contribution in [1.29, 1.82) is 0 Å². The number of hydrogen-bond acceptors (Lipinski definition) is 2. The van der Waals surface area contributed by atoms with Crippen molar-refractivity contribution in [2.75, 3.05) is 0 Å². The number of alkyl halides is 3. The van der Waals surface area contributed by atoms with E-state index in [-0.39, 0.29) is 12.1 Å². The molecular weight excluding hydrogens is 297 g/mol. The van der Waals surface area contributed by atoms with Crippen LogP contribution >= 0.6 is 0 Å². The number of halogens is 3. The van der Waals surface area contributed by atoms with Crippen molar-refractivity contribution in [1.82, 2.24) is 10.2 Å². The molecule has 120 valence electrons. The highest BCUT2D eigenvalue weighted by Gasteiger charge is 2.49. The van der Waals surface area contributed by atoms with Crippen molar-refractivity contribution in [3.63, 3.8) is 0 Å². The Morgan fingerprint density at radius 1 is 1.14 bits per heavy atom. The Hall–Kier alpha value is -2.05. The van der Waals surface area contributed by atoms with Gasteiger partial charge in [0.05, 0.1) is 12.1 Å². The molecule has 0 aromatic heterocycles. The van der Waals surface area contributed by atoms with Gasteiger partial charge in [0.25, 0.3) is 5.91 Å². The van der Waals surface area contributed by atoms with Crippen LogP contribution in [0.15, 0.2) is 24.3 Å². The van der Waals surface area contributed by atoms with E-state index in [0.29, 0.717) is 12.8 Å². The largest absolute Gasteiger partial charge is 0.416 e. The van der Waals surface area contributed by atoms with Gasteiger partial charge in [-0.25, -0.2) is 4.79 Å². The molecule has 3 amide bonds. The maximum Gasteiger partial charge on any atom is 0.416 e. The molecule has 0 spiro atoms. The van der Waals surface area contributed by atoms with Crippen molar-refractivity contribution in [3.8, 4) is 0 Å². The molecule has 1 saturated heterocycles. The van der Waals surface area contributed by atoms with Crippen LogP contribution in [-0.2, 0) is 17.5 Å². The van der Waals surface area contributed by atoms with Crippen LogP contribution in [-0.4, -0.2) is 22.4 Å². The minimum Gasteiger partial charge on any atom is -0.323 e. The number of benzene rings is 1. The van der Waals surface area contributed by atoms with Gasteiger partial charge in [-0.05, 0) is 24.5 Å². The fourth-order valence-corrected chi connectivity index (χ4v) is 2.65. The van der Waals surface area contributed by atoms with Crippen LogP contribution < -0.4 is 5.32 Å². The Morgan fingerprint density at radius 3 is 2.23 bits per heavy atom. The zero-order valence-electron chi connectivity index (χ0n) is 12.3. The standard InChI is InChI=1S/C15H17F3N2O2/c1-3-14(4-2)12(21)20(13(22)19-14)9-10-7-5-6-8-11(10)15(16,17)18/h5-8H,3-4,9H2,1-2H3,(H,19,22). The summed E-state index contributed by atoms with van der Waals surface area (Å²) >= 11 is 0. The van der Waals surface area contributed by atoms with Gasteiger partial charge in [-0.2, -0.15) is 13.2 Å². The van der Waals surface area contributed by atoms with Gasteiger partial charge in [0, 0.05) is 0 Å². The third kappa shape index (κ3) is 2.67. The van der Waals surface area contributed by atoms with E-state index in [2.05, 4.69) is 5.32 Å². The molecule has 22 heavy (non-hydrogen) atoms. The Balaban J connectivity index is 2.33. The third-order valence-electron chi connectivity index (χ3n) is 4.10. The van der Waals surface area contributed by atoms with Crippen LogP contribution in [0, 0.1) is 0 Å². The lowest BCUT2D eigenvalue weighted by Crippen LogP contribution is -2.45. The summed E-state index contributed by atoms with van der Waals surface area (Å²) in [5.41, 5.74) is -1.94. The van der Waals surface area contributed by atoms with Crippen LogP contribution in [0.3, 0.4) is 0 Å². The van der Waals surface area contributed by atoms with Gasteiger partial charge in [-0.1, -0.05) is 32.0 Å². The molecule has 7 heteroatoms. The third-order valence-corrected chi connectivity index (χ3v) is 4.10. The lowest BCUT2D eigenvalue weighted by atomic mass is 9.93. The summed E-state index contributed by atoms with van der Waals surface area (Å²) in [6.07, 6.45) is -3.74. The number of nitrogens with one attached hydrogen (secondary N) is 1. The second-order valence-corrected chi connectivity index (χ2v) is 5.27. The van der Waals surface area contributed by atoms with Crippen molar-refractivity contribution in [2.45, 2.75) is 44.9 Å². The van der Waals surface area contributed by atoms with E-state index < -0.39 is 29.2 Å². The van der Waals surface area contributed by atoms with E-state index in [4.69, 9.17) is 0 Å². The molecule has 4 nitrogen and oxygen atoms in total. The molecule has 0 atom stereocenters. The number of carbonyl (C=O) groups excluding carboxylic acids is 2. The first-order valence-corrected chi connectivity index (χ1v) is 7.04. The van der Waals surface area contributed by atoms with Gasteiger partial charge in [0.1, 0.15) is 5.54 Å². The summed E-state index contributed by atoms with van der Waals surface area (Å²) in [6.45, 7) is 3.13. The van der Waals surface area contributed by atoms with Gasteiger partial charge >= 0.3 is 12.2 Å². The summed E-state index contributed by atoms with van der Waals surface area (Å²) in [4.78, 5) is 25.3. The lowest BCUT2D eigenvalue weighted by Gasteiger charge is -2.23. The van der Waals surface area contributed by atoms with Crippen LogP contribution in [0.2, 0.25) is 0 Å². The predicted octanol–water partition coefficient (Wildman–Crippen LogP) is 3.32. The second-order valence-electron chi connectivity index (χ2n) is 5.27. The summed E-state index contributed by atoms with van der Waals surface area (Å²) in [5.74, 6) is -0.473. The van der Waals surface area contributed by atoms with Gasteiger partial charge in [0.2, 0.25) is 0 Å². The van der Waals surface area contributed by atoms with E-state index in [1.54, 1.807) is 13.8 Å². The highest BCUT2D eigenvalue weighted by Crippen LogP contribution is 2.33. The smallest absolute Gasteiger partial charge is 0.323 e. The van der Waals surface area contributed by atoms with Crippen molar-refractivity contribution < 1.29 is 22.8 Å². The van der Waals surface area contributed by atoms with Crippen molar-refractivity contribution in [2.24, 2.45) is 0 Å². The normalized spacial score (nSPS) is 17.8. The van der Waals surface area contributed by atoms with E-state index >= 15 is 0 Å². The van der Waals surface area contributed by atoms with E-state index in [0.717, 1.165) is 11.0 Å². The first-order chi connectivity index (χ1) is 10.2. The number of urea groups is 1. The summed E-state index contributed by atoms with van der Waals surface area (Å²) in [7, 11) is 0. The number of imide groups is 1. The van der Waals surface area contributed by atoms with Crippen LogP contribution in [0.25, 0.3) is 0 Å². The average molecular weight is 314 g/mol. The summed E-state index contributed by atoms with van der Waals surface area (Å²) < 4.78 is 39.0. The molecule has 1 aliphatic rings. The molecule has 2 rings (SSSR count). The van der Waals surface area contributed by atoms with Crippen LogP contribution in [0.4, 0.5) is 18.0 Å². The molecule has 0 aliphatic carbocycles. The fourth-order valence-electron chi connectivity index (χ4n) is 2.65. The molecule has 1 fully saturated rings. The predicted molar refractivity (Wildman–Crippen MR) is 73.8 cm³/mol. The monoisotopic (exact) mass is 314 g/mol. The Bertz CT molecular complexity index is 595. The van der Waals surface area contributed by atoms with Gasteiger partial charge in [-0.3, -0.25) is 9.69 Å². The minimum absolute atomic E-state index is 0.0958. The van der Waals surface area contributed by atoms with Crippen LogP contribution in [0.5, 0.6) is 0 Å². The van der Waals surface area contributed by atoms with Crippen molar-refractivity contribution in [3.05, 3.63) is 35.4 Å². The van der Waals surface area contributed by atoms with E-state index in [9.17, 15) is 22.8 Å². The molecule has 0 unspecified atom stereocenters. The minimum atomic E-state index is -4.53. The quantitative estimate of drug-likeness (QED) is 0.867. The Labute approximate surface area is 126 Å². The fraction of sp³-hybridized carbons (Fsp3) is 0.467. The maximum absolute atomic E-state index is 13.0. The molecule has 1 N–H and O–H groups in total. The molecule has 0 saturated carbocycles. The first-order valence-electron chi connectivity index (χ1n) is 7.04. The SMILES string of the molecule is CCC1(CC)NC(=O)N(Cc2ccccc2C(F)(F)F)C1=O. The molecule has 0 bridgehead atoms. The number of rotatable bonds is 4. The molecule has 1 aromatic carbocycles. The summed E-state index contributed by atoms with van der Waals surface area (Å²) in [5, 5.41) is 2.60. The van der Waals surface area contributed by atoms with Gasteiger partial charge < -0.3 is 5.32 Å². The number of nitrogens with zero attached hydrogens (tertiary/aromatic N) is 1. The topological polar surface area (TPSA) is 49.4 Å². The zero-order chi connectivity index (χ0) is 16.5. The molecule has 1 heterocycles. The Morgan fingerprint density at radius 2 is 1.73 bits per heavy atom. The highest BCUT2D eigenvalue weighted by molar-refractivity contribution is 6.06. The number of hydrogen-bond donors (Lipinski definition) is 1. The molecule has 1 aromatic rings. The molecular formula is C15H17F3N2O2. The Kier molecular flexibility index (Phi) is 4.17. The molecule has 0 radical (unpaired) electrons. The average Bonchev–Trinajstić information content (AvgIpc) is 2.71. The maximum atomic E-state index is 13.0. The number of amides is 3. The van der Waals surface area contributed by atoms with Gasteiger partial charge in [0.15, 0.2) is 0 Å². The number of carbonyl (C=O) groups is 2. The van der Waals surface area contributed by atoms with E-state index in [1.807, 2.05) is 0 Å². The van der Waals surface area contributed by atoms with Crippen molar-refractivity contribution >= 4 is 11.9 Å². The van der Waals surface area contributed by atoms with Crippen LogP contribution in [0.1, 0.15) is 37.8 Å². The van der Waals surface area contributed by atoms with Gasteiger partial charge in [-0.15, -0.1) is 0 Å². The lowest BCUT2D eigenvalue weighted by molar-refractivity contribution is -0.139. The zero-order valence-corrected chi connectivity index (χ0v) is 12.3. The molecule has 1 aliphatic heterocycles. The first kappa shape index (κ1) is 16.3.